The Bertz CT molecular complexity index is 896. The van der Waals surface area contributed by atoms with Gasteiger partial charge in [0.05, 0.1) is 24.3 Å². The number of benzene rings is 1. The van der Waals surface area contributed by atoms with E-state index in [1.807, 2.05) is 0 Å². The lowest BCUT2D eigenvalue weighted by Crippen LogP contribution is -2.51. The fraction of sp³-hybridized carbons (Fsp3) is 0.450. The van der Waals surface area contributed by atoms with E-state index in [1.165, 1.54) is 19.2 Å². The van der Waals surface area contributed by atoms with E-state index in [2.05, 4.69) is 10.4 Å². The number of nitrogens with one attached hydrogen (secondary N) is 1. The summed E-state index contributed by atoms with van der Waals surface area (Å²) in [6.07, 6.45) is 3.07. The molecule has 0 aliphatic heterocycles. The Hall–Kier alpha value is -2.74. The van der Waals surface area contributed by atoms with Crippen LogP contribution in [0.25, 0.3) is 5.69 Å². The molecule has 1 aromatic heterocycles. The molecule has 7 nitrogen and oxygen atoms in total. The van der Waals surface area contributed by atoms with Crippen molar-refractivity contribution < 1.29 is 23.8 Å². The molecule has 28 heavy (non-hydrogen) atoms. The highest BCUT2D eigenvalue weighted by atomic mass is 19.1. The number of ether oxygens (including phenoxy) is 1. The van der Waals surface area contributed by atoms with Crippen LogP contribution in [0.15, 0.2) is 24.3 Å². The van der Waals surface area contributed by atoms with Gasteiger partial charge in [0, 0.05) is 18.4 Å². The van der Waals surface area contributed by atoms with Gasteiger partial charge in [0.15, 0.2) is 5.69 Å². The number of aromatic nitrogens is 2. The molecule has 2 N–H and O–H groups in total. The fourth-order valence-electron chi connectivity index (χ4n) is 3.72. The molecule has 1 aromatic carbocycles. The summed E-state index contributed by atoms with van der Waals surface area (Å²) in [6, 6.07) is 6.08. The van der Waals surface area contributed by atoms with Crippen molar-refractivity contribution in [1.82, 2.24) is 15.1 Å². The first-order valence-corrected chi connectivity index (χ1v) is 9.23. The van der Waals surface area contributed by atoms with Crippen LogP contribution in [0.2, 0.25) is 0 Å². The van der Waals surface area contributed by atoms with Crippen LogP contribution in [0.4, 0.5) is 4.39 Å². The van der Waals surface area contributed by atoms with Crippen LogP contribution in [-0.4, -0.2) is 46.0 Å². The number of methoxy groups -OCH3 is 1. The molecule has 0 radical (unpaired) electrons. The minimum absolute atomic E-state index is 0.0534. The van der Waals surface area contributed by atoms with Crippen LogP contribution >= 0.6 is 0 Å². The zero-order chi connectivity index (χ0) is 20.3. The third-order valence-electron chi connectivity index (χ3n) is 4.87. The van der Waals surface area contributed by atoms with Gasteiger partial charge in [-0.25, -0.2) is 9.07 Å². The molecule has 0 spiro atoms. The largest absolute Gasteiger partial charge is 0.481 e. The van der Waals surface area contributed by atoms with Crippen LogP contribution in [0, 0.1) is 5.82 Å². The third-order valence-corrected chi connectivity index (χ3v) is 4.87. The van der Waals surface area contributed by atoms with Crippen molar-refractivity contribution in [3.05, 3.63) is 47.0 Å². The minimum Gasteiger partial charge on any atom is -0.481 e. The Kier molecular flexibility index (Phi) is 5.79. The lowest BCUT2D eigenvalue weighted by atomic mass is 9.94. The number of nitrogens with zero attached hydrogens (tertiary/aromatic N) is 2. The molecule has 1 aliphatic carbocycles. The highest BCUT2D eigenvalue weighted by molar-refractivity contribution is 5.95. The SMILES string of the molecule is COCC(C)(CC(=O)O)NC(=O)c1nn(-c2cccc(F)c2)c2c1CCCC2. The van der Waals surface area contributed by atoms with Gasteiger partial charge in [-0.1, -0.05) is 6.07 Å². The monoisotopic (exact) mass is 389 g/mol. The quantitative estimate of drug-likeness (QED) is 0.759. The maximum atomic E-state index is 13.7. The number of carbonyl (C=O) groups excluding carboxylic acids is 1. The highest BCUT2D eigenvalue weighted by Crippen LogP contribution is 2.27. The van der Waals surface area contributed by atoms with E-state index in [0.29, 0.717) is 12.1 Å². The maximum Gasteiger partial charge on any atom is 0.305 e. The summed E-state index contributed by atoms with van der Waals surface area (Å²) >= 11 is 0. The lowest BCUT2D eigenvalue weighted by Gasteiger charge is -2.28. The summed E-state index contributed by atoms with van der Waals surface area (Å²) in [5, 5.41) is 16.4. The second kappa shape index (κ2) is 8.10. The van der Waals surface area contributed by atoms with E-state index in [0.717, 1.165) is 30.5 Å². The molecule has 0 saturated carbocycles. The van der Waals surface area contributed by atoms with Crippen LogP contribution < -0.4 is 5.32 Å². The number of amides is 1. The molecule has 1 heterocycles. The Morgan fingerprint density at radius 3 is 2.79 bits per heavy atom. The van der Waals surface area contributed by atoms with Crippen molar-refractivity contribution in [2.45, 2.75) is 44.6 Å². The van der Waals surface area contributed by atoms with Crippen LogP contribution in [0.5, 0.6) is 0 Å². The molecule has 3 rings (SSSR count). The van der Waals surface area contributed by atoms with Crippen molar-refractivity contribution in [3.8, 4) is 5.69 Å². The maximum absolute atomic E-state index is 13.7. The third kappa shape index (κ3) is 4.22. The number of hydrogen-bond acceptors (Lipinski definition) is 4. The van der Waals surface area contributed by atoms with Gasteiger partial charge in [-0.05, 0) is 50.8 Å². The molecule has 2 aromatic rings. The van der Waals surface area contributed by atoms with E-state index in [-0.39, 0.29) is 24.5 Å². The number of halogens is 1. The predicted octanol–water partition coefficient (Wildman–Crippen LogP) is 2.50. The van der Waals surface area contributed by atoms with Gasteiger partial charge in [0.1, 0.15) is 5.82 Å². The Labute approximate surface area is 162 Å². The van der Waals surface area contributed by atoms with Gasteiger partial charge >= 0.3 is 5.97 Å². The normalized spacial score (nSPS) is 15.5. The molecule has 1 atom stereocenters. The minimum atomic E-state index is -1.07. The van der Waals surface area contributed by atoms with Crippen LogP contribution in [0.3, 0.4) is 0 Å². The van der Waals surface area contributed by atoms with E-state index < -0.39 is 17.4 Å². The van der Waals surface area contributed by atoms with Crippen molar-refractivity contribution in [2.24, 2.45) is 0 Å². The van der Waals surface area contributed by atoms with Gasteiger partial charge in [-0.15, -0.1) is 0 Å². The van der Waals surface area contributed by atoms with E-state index in [9.17, 15) is 14.0 Å². The number of fused-ring (bicyclic) bond motifs is 1. The number of carbonyl (C=O) groups is 2. The summed E-state index contributed by atoms with van der Waals surface area (Å²) in [5.74, 6) is -1.86. The van der Waals surface area contributed by atoms with Crippen molar-refractivity contribution >= 4 is 11.9 Å². The first-order chi connectivity index (χ1) is 13.3. The van der Waals surface area contributed by atoms with E-state index >= 15 is 0 Å². The standard InChI is InChI=1S/C20H24FN3O4/c1-20(12-28-2,11-17(25)26)22-19(27)18-15-8-3-4-9-16(15)24(23-18)14-7-5-6-13(21)10-14/h5-7,10H,3-4,8-9,11-12H2,1-2H3,(H,22,27)(H,25,26). The first-order valence-electron chi connectivity index (χ1n) is 9.23. The van der Waals surface area contributed by atoms with Gasteiger partial charge in [0.25, 0.3) is 5.91 Å². The Morgan fingerprint density at radius 1 is 1.36 bits per heavy atom. The second-order valence-corrected chi connectivity index (χ2v) is 7.39. The van der Waals surface area contributed by atoms with Crippen LogP contribution in [0.1, 0.15) is 47.9 Å². The van der Waals surface area contributed by atoms with Gasteiger partial charge in [0.2, 0.25) is 0 Å². The van der Waals surface area contributed by atoms with Gasteiger partial charge < -0.3 is 15.2 Å². The summed E-state index contributed by atoms with van der Waals surface area (Å²) < 4.78 is 20.4. The molecule has 150 valence electrons. The molecular formula is C20H24FN3O4. The number of aliphatic carboxylic acids is 1. The summed E-state index contributed by atoms with van der Waals surface area (Å²) in [7, 11) is 1.45. The number of hydrogen-bond donors (Lipinski definition) is 2. The van der Waals surface area contributed by atoms with E-state index in [4.69, 9.17) is 9.84 Å². The molecule has 8 heteroatoms. The van der Waals surface area contributed by atoms with Crippen molar-refractivity contribution in [3.63, 3.8) is 0 Å². The summed E-state index contributed by atoms with van der Waals surface area (Å²) in [4.78, 5) is 24.2. The predicted molar refractivity (Wildman–Crippen MR) is 100 cm³/mol. The molecule has 1 amide bonds. The highest BCUT2D eigenvalue weighted by Gasteiger charge is 2.33. The van der Waals surface area contributed by atoms with Gasteiger partial charge in [-0.2, -0.15) is 5.10 Å². The molecule has 1 aliphatic rings. The average Bonchev–Trinajstić information content (AvgIpc) is 3.01. The zero-order valence-electron chi connectivity index (χ0n) is 16.0. The first kappa shape index (κ1) is 20.0. The molecular weight excluding hydrogens is 365 g/mol. The molecule has 0 saturated heterocycles. The summed E-state index contributed by atoms with van der Waals surface area (Å²) in [6.45, 7) is 1.68. The second-order valence-electron chi connectivity index (χ2n) is 7.39. The van der Waals surface area contributed by atoms with Gasteiger partial charge in [-0.3, -0.25) is 9.59 Å². The van der Waals surface area contributed by atoms with Crippen molar-refractivity contribution in [1.29, 1.82) is 0 Å². The molecule has 0 fully saturated rings. The van der Waals surface area contributed by atoms with Crippen LogP contribution in [-0.2, 0) is 22.4 Å². The van der Waals surface area contributed by atoms with Crippen molar-refractivity contribution in [2.75, 3.05) is 13.7 Å². The topological polar surface area (TPSA) is 93.4 Å². The smallest absolute Gasteiger partial charge is 0.305 e. The lowest BCUT2D eigenvalue weighted by molar-refractivity contribution is -0.139. The number of carboxylic acids is 1. The fourth-order valence-corrected chi connectivity index (χ4v) is 3.72. The Morgan fingerprint density at radius 2 is 2.11 bits per heavy atom. The number of rotatable bonds is 7. The van der Waals surface area contributed by atoms with E-state index in [1.54, 1.807) is 23.7 Å². The zero-order valence-corrected chi connectivity index (χ0v) is 16.0. The number of carboxylic acid groups (broad SMARTS) is 1. The average molecular weight is 389 g/mol. The molecule has 1 unspecified atom stereocenters. The Balaban J connectivity index is 1.97. The molecule has 0 bridgehead atoms. The summed E-state index contributed by atoms with van der Waals surface area (Å²) in [5.41, 5.74) is 1.48.